The topological polar surface area (TPSA) is 113 Å². The molecule has 154 valence electrons. The largest absolute Gasteiger partial charge is 0.354 e. The van der Waals surface area contributed by atoms with Gasteiger partial charge in [-0.05, 0) is 30.5 Å². The third kappa shape index (κ3) is 4.95. The number of carbonyl (C=O) groups excluding carboxylic acids is 2. The van der Waals surface area contributed by atoms with E-state index in [4.69, 9.17) is 0 Å². The average Bonchev–Trinajstić information content (AvgIpc) is 3.24. The lowest BCUT2D eigenvalue weighted by Crippen LogP contribution is -2.35. The van der Waals surface area contributed by atoms with Crippen molar-refractivity contribution < 1.29 is 9.59 Å². The summed E-state index contributed by atoms with van der Waals surface area (Å²) in [6, 6.07) is 13.2. The summed E-state index contributed by atoms with van der Waals surface area (Å²) in [4.78, 5) is 24.9. The lowest BCUT2D eigenvalue weighted by molar-refractivity contribution is -0.115. The van der Waals surface area contributed by atoms with E-state index in [0.717, 1.165) is 42.3 Å². The Morgan fingerprint density at radius 2 is 2.00 bits per heavy atom. The van der Waals surface area contributed by atoms with E-state index in [1.165, 1.54) is 11.3 Å². The molecule has 1 fully saturated rings. The summed E-state index contributed by atoms with van der Waals surface area (Å²) in [5, 5.41) is 23.4. The molecule has 2 N–H and O–H groups in total. The monoisotopic (exact) mass is 423 g/mol. The summed E-state index contributed by atoms with van der Waals surface area (Å²) >= 11 is 1.40. The van der Waals surface area contributed by atoms with Gasteiger partial charge < -0.3 is 15.5 Å². The number of aromatic nitrogens is 4. The Morgan fingerprint density at radius 1 is 1.13 bits per heavy atom. The molecule has 1 aliphatic rings. The predicted octanol–water partition coefficient (Wildman–Crippen LogP) is 2.46. The van der Waals surface area contributed by atoms with E-state index in [0.29, 0.717) is 23.8 Å². The van der Waals surface area contributed by atoms with E-state index in [1.54, 1.807) is 6.07 Å². The number of piperidine rings is 1. The van der Waals surface area contributed by atoms with Crippen molar-refractivity contribution in [2.45, 2.75) is 25.2 Å². The second-order valence-corrected chi connectivity index (χ2v) is 7.99. The molecule has 1 aromatic carbocycles. The second kappa shape index (κ2) is 9.40. The van der Waals surface area contributed by atoms with Crippen LogP contribution in [0.15, 0.2) is 42.5 Å². The van der Waals surface area contributed by atoms with Gasteiger partial charge >= 0.3 is 0 Å². The highest BCUT2D eigenvalue weighted by Gasteiger charge is 2.25. The molecule has 4 rings (SSSR count). The van der Waals surface area contributed by atoms with Crippen LogP contribution in [-0.4, -0.2) is 45.8 Å². The van der Waals surface area contributed by atoms with Crippen molar-refractivity contribution in [2.75, 3.05) is 28.6 Å². The van der Waals surface area contributed by atoms with Gasteiger partial charge in [0.2, 0.25) is 17.4 Å². The van der Waals surface area contributed by atoms with Crippen molar-refractivity contribution in [3.63, 3.8) is 0 Å². The maximum Gasteiger partial charge on any atom is 0.229 e. The van der Waals surface area contributed by atoms with E-state index in [2.05, 4.69) is 35.9 Å². The van der Waals surface area contributed by atoms with Crippen LogP contribution in [0.5, 0.6) is 0 Å². The van der Waals surface area contributed by atoms with Crippen LogP contribution in [0.4, 0.5) is 16.8 Å². The summed E-state index contributed by atoms with van der Waals surface area (Å²) in [7, 11) is 0. The van der Waals surface area contributed by atoms with E-state index >= 15 is 0 Å². The molecule has 2 aromatic heterocycles. The minimum absolute atomic E-state index is 0.128. The summed E-state index contributed by atoms with van der Waals surface area (Å²) in [6.45, 7) is 1.63. The smallest absolute Gasteiger partial charge is 0.229 e. The molecule has 10 heteroatoms. The maximum absolute atomic E-state index is 12.2. The van der Waals surface area contributed by atoms with Crippen LogP contribution in [0.25, 0.3) is 0 Å². The first-order valence-corrected chi connectivity index (χ1v) is 10.5. The number of benzene rings is 1. The molecule has 1 aliphatic heterocycles. The fourth-order valence-corrected chi connectivity index (χ4v) is 4.25. The lowest BCUT2D eigenvalue weighted by atomic mass is 9.99. The van der Waals surface area contributed by atoms with Crippen molar-refractivity contribution in [1.29, 1.82) is 0 Å². The number of nitrogens with zero attached hydrogens (tertiary/aromatic N) is 5. The number of hydrogen-bond donors (Lipinski definition) is 2. The average molecular weight is 424 g/mol. The van der Waals surface area contributed by atoms with E-state index in [1.807, 2.05) is 36.4 Å². The number of carbonyl (C=O) groups is 2. The van der Waals surface area contributed by atoms with E-state index in [9.17, 15) is 9.59 Å². The first kappa shape index (κ1) is 19.9. The van der Waals surface area contributed by atoms with Crippen molar-refractivity contribution in [3.05, 3.63) is 53.0 Å². The zero-order chi connectivity index (χ0) is 20.8. The molecule has 1 saturated heterocycles. The first-order chi connectivity index (χ1) is 14.7. The van der Waals surface area contributed by atoms with Crippen molar-refractivity contribution in [2.24, 2.45) is 0 Å². The van der Waals surface area contributed by atoms with Crippen molar-refractivity contribution >= 4 is 40.4 Å². The highest BCUT2D eigenvalue weighted by atomic mass is 32.1. The predicted molar refractivity (Wildman–Crippen MR) is 115 cm³/mol. The summed E-state index contributed by atoms with van der Waals surface area (Å²) in [5.74, 6) is 1.29. The van der Waals surface area contributed by atoms with Crippen molar-refractivity contribution in [3.8, 4) is 0 Å². The van der Waals surface area contributed by atoms with Gasteiger partial charge in [-0.2, -0.15) is 0 Å². The van der Waals surface area contributed by atoms with Gasteiger partial charge in [-0.15, -0.1) is 20.4 Å². The van der Waals surface area contributed by atoms with Gasteiger partial charge in [0, 0.05) is 19.0 Å². The Kier molecular flexibility index (Phi) is 6.23. The second-order valence-electron chi connectivity index (χ2n) is 6.98. The molecule has 0 aliphatic carbocycles. The third-order valence-corrected chi connectivity index (χ3v) is 5.86. The molecule has 2 amide bonds. The third-order valence-electron chi connectivity index (χ3n) is 4.84. The quantitative estimate of drug-likeness (QED) is 0.561. The molecule has 0 bridgehead atoms. The zero-order valence-corrected chi connectivity index (χ0v) is 17.0. The lowest BCUT2D eigenvalue weighted by Gasteiger charge is -2.32. The van der Waals surface area contributed by atoms with Gasteiger partial charge in [-0.1, -0.05) is 41.7 Å². The molecule has 0 radical (unpaired) electrons. The number of amides is 2. The molecule has 1 unspecified atom stereocenters. The molecule has 30 heavy (non-hydrogen) atoms. The van der Waals surface area contributed by atoms with E-state index in [-0.39, 0.29) is 11.8 Å². The molecular formula is C20H21N7O2S. The molecule has 1 atom stereocenters. The minimum Gasteiger partial charge on any atom is -0.354 e. The molecule has 0 spiro atoms. The SMILES string of the molecule is O=CNc1nnc(C2CCCN(c3ccc(NC(=O)Cc4ccccc4)nn3)C2)s1. The van der Waals surface area contributed by atoms with Gasteiger partial charge in [0.25, 0.3) is 0 Å². The molecule has 3 heterocycles. The summed E-state index contributed by atoms with van der Waals surface area (Å²) in [6.07, 6.45) is 2.90. The van der Waals surface area contributed by atoms with Crippen LogP contribution in [-0.2, 0) is 16.0 Å². The number of nitrogens with one attached hydrogen (secondary N) is 2. The number of anilines is 3. The highest BCUT2D eigenvalue weighted by molar-refractivity contribution is 7.15. The normalized spacial score (nSPS) is 16.1. The van der Waals surface area contributed by atoms with Crippen LogP contribution in [0.3, 0.4) is 0 Å². The highest BCUT2D eigenvalue weighted by Crippen LogP contribution is 2.32. The molecule has 9 nitrogen and oxygen atoms in total. The van der Waals surface area contributed by atoms with Gasteiger partial charge in [-0.25, -0.2) is 0 Å². The van der Waals surface area contributed by atoms with E-state index < -0.39 is 0 Å². The Balaban J connectivity index is 1.35. The summed E-state index contributed by atoms with van der Waals surface area (Å²) in [5.41, 5.74) is 0.946. The number of hydrogen-bond acceptors (Lipinski definition) is 8. The fourth-order valence-electron chi connectivity index (χ4n) is 3.42. The Labute approximate surface area is 177 Å². The van der Waals surface area contributed by atoms with Gasteiger partial charge in [0.1, 0.15) is 5.01 Å². The van der Waals surface area contributed by atoms with Crippen LogP contribution in [0, 0.1) is 0 Å². The van der Waals surface area contributed by atoms with Crippen LogP contribution in [0.1, 0.15) is 29.3 Å². The summed E-state index contributed by atoms with van der Waals surface area (Å²) < 4.78 is 0. The maximum atomic E-state index is 12.2. The Hall–Kier alpha value is -3.40. The van der Waals surface area contributed by atoms with Crippen LogP contribution in [0.2, 0.25) is 0 Å². The van der Waals surface area contributed by atoms with Gasteiger partial charge in [-0.3, -0.25) is 9.59 Å². The van der Waals surface area contributed by atoms with Gasteiger partial charge in [0.15, 0.2) is 11.6 Å². The molecule has 3 aromatic rings. The van der Waals surface area contributed by atoms with Crippen molar-refractivity contribution in [1.82, 2.24) is 20.4 Å². The number of rotatable bonds is 7. The van der Waals surface area contributed by atoms with Crippen LogP contribution >= 0.6 is 11.3 Å². The molecule has 0 saturated carbocycles. The zero-order valence-electron chi connectivity index (χ0n) is 16.2. The minimum atomic E-state index is -0.128. The first-order valence-electron chi connectivity index (χ1n) is 9.67. The van der Waals surface area contributed by atoms with Gasteiger partial charge in [0.05, 0.1) is 6.42 Å². The standard InChI is InChI=1S/C20H21N7O2S/c28-13-21-20-26-25-19(30-20)15-7-4-10-27(12-15)17-9-8-16(23-24-17)22-18(29)11-14-5-2-1-3-6-14/h1-3,5-6,8-9,13,15H,4,7,10-12H2,(H,21,26,28)(H,22,23,29). The Bertz CT molecular complexity index is 994. The van der Waals surface area contributed by atoms with Crippen LogP contribution < -0.4 is 15.5 Å². The Morgan fingerprint density at radius 3 is 2.77 bits per heavy atom. The molecular weight excluding hydrogens is 402 g/mol. The fraction of sp³-hybridized carbons (Fsp3) is 0.300.